The quantitative estimate of drug-likeness (QED) is 0.249. The lowest BCUT2D eigenvalue weighted by molar-refractivity contribution is -0.136. The highest BCUT2D eigenvalue weighted by Gasteiger charge is 2.37. The molecule has 0 spiro atoms. The highest BCUT2D eigenvalue weighted by molar-refractivity contribution is 6.02. The van der Waals surface area contributed by atoms with Crippen molar-refractivity contribution in [3.8, 4) is 11.1 Å². The third-order valence-corrected chi connectivity index (χ3v) is 7.59. The molecule has 0 radical (unpaired) electrons. The van der Waals surface area contributed by atoms with Crippen molar-refractivity contribution in [2.24, 2.45) is 5.73 Å². The van der Waals surface area contributed by atoms with Crippen molar-refractivity contribution in [1.82, 2.24) is 9.88 Å². The van der Waals surface area contributed by atoms with Gasteiger partial charge < -0.3 is 26.2 Å². The van der Waals surface area contributed by atoms with E-state index in [4.69, 9.17) is 5.73 Å². The highest BCUT2D eigenvalue weighted by Crippen LogP contribution is 2.37. The molecule has 0 bridgehead atoms. The molecule has 8 nitrogen and oxygen atoms in total. The maximum absolute atomic E-state index is 14.5. The van der Waals surface area contributed by atoms with Gasteiger partial charge in [-0.05, 0) is 72.9 Å². The number of anilines is 3. The van der Waals surface area contributed by atoms with Crippen molar-refractivity contribution >= 4 is 29.0 Å². The minimum Gasteiger partial charge on any atom is -0.393 e. The number of nitrogens with two attached hydrogens (primary N) is 1. The number of rotatable bonds is 7. The summed E-state index contributed by atoms with van der Waals surface area (Å²) in [5.74, 6) is -0.483. The number of amides is 2. The van der Waals surface area contributed by atoms with Crippen LogP contribution < -0.4 is 21.3 Å². The van der Waals surface area contributed by atoms with E-state index in [1.165, 1.54) is 11.1 Å². The van der Waals surface area contributed by atoms with Crippen molar-refractivity contribution in [1.29, 1.82) is 0 Å². The number of nitrogens with zero attached hydrogens (tertiary/aromatic N) is 3. The lowest BCUT2D eigenvalue weighted by Gasteiger charge is -2.37. The lowest BCUT2D eigenvalue weighted by Crippen LogP contribution is -2.47. The molecule has 3 aromatic carbocycles. The van der Waals surface area contributed by atoms with Crippen LogP contribution in [0.25, 0.3) is 11.1 Å². The van der Waals surface area contributed by atoms with Gasteiger partial charge in [-0.3, -0.25) is 9.59 Å². The number of pyridine rings is 1. The molecule has 2 heterocycles. The van der Waals surface area contributed by atoms with E-state index in [1.807, 2.05) is 86.7 Å². The summed E-state index contributed by atoms with van der Waals surface area (Å²) >= 11 is 0. The Labute approximate surface area is 251 Å². The molecule has 1 aromatic heterocycles. The Balaban J connectivity index is 1.51. The number of carbonyl (C=O) groups is 2. The van der Waals surface area contributed by atoms with Crippen LogP contribution >= 0.6 is 0 Å². The number of hydrogen-bond acceptors (Lipinski definition) is 6. The Kier molecular flexibility index (Phi) is 8.43. The van der Waals surface area contributed by atoms with Crippen molar-refractivity contribution in [3.05, 3.63) is 119 Å². The summed E-state index contributed by atoms with van der Waals surface area (Å²) in [5.41, 5.74) is 12.0. The standard InChI is InChI=1S/C34H35FN6O2/c1-21-11-14-24(15-12-21)39-33(42)32-27-9-6-8-25(23-13-16-30(38-19-23)40(3)4)26(27)17-18-41(32)34(43)28(36)20-37-29-10-5-7-22(2)31(29)35/h5-16,19-20,32,37H,17-18,36H2,1-4H3,(H,39,42)/b28-20-. The lowest BCUT2D eigenvalue weighted by atomic mass is 9.86. The number of nitrogens with one attached hydrogen (secondary N) is 2. The molecule has 0 saturated carbocycles. The van der Waals surface area contributed by atoms with E-state index >= 15 is 0 Å². The van der Waals surface area contributed by atoms with Crippen LogP contribution in [0.15, 0.2) is 90.9 Å². The molecule has 1 atom stereocenters. The number of halogens is 1. The molecule has 1 aliphatic heterocycles. The number of aryl methyl sites for hydroxylation is 2. The molecule has 43 heavy (non-hydrogen) atoms. The van der Waals surface area contributed by atoms with Gasteiger partial charge in [-0.15, -0.1) is 0 Å². The van der Waals surface area contributed by atoms with E-state index in [0.29, 0.717) is 23.2 Å². The van der Waals surface area contributed by atoms with Crippen molar-refractivity contribution in [2.45, 2.75) is 26.3 Å². The van der Waals surface area contributed by atoms with Gasteiger partial charge in [-0.1, -0.05) is 48.0 Å². The van der Waals surface area contributed by atoms with Gasteiger partial charge in [0.2, 0.25) is 0 Å². The molecule has 5 rings (SSSR count). The zero-order valence-corrected chi connectivity index (χ0v) is 24.7. The molecule has 1 aliphatic rings. The van der Waals surface area contributed by atoms with Crippen molar-refractivity contribution in [2.75, 3.05) is 36.2 Å². The fourth-order valence-electron chi connectivity index (χ4n) is 5.24. The Bertz CT molecular complexity index is 1680. The second-order valence-corrected chi connectivity index (χ2v) is 10.9. The second-order valence-electron chi connectivity index (χ2n) is 10.9. The van der Waals surface area contributed by atoms with Crippen LogP contribution in [0.1, 0.15) is 28.3 Å². The maximum Gasteiger partial charge on any atom is 0.272 e. The molecule has 220 valence electrons. The molecule has 0 aliphatic carbocycles. The first kappa shape index (κ1) is 29.3. The van der Waals surface area contributed by atoms with Crippen LogP contribution in [0.2, 0.25) is 0 Å². The Morgan fingerprint density at radius 3 is 2.47 bits per heavy atom. The van der Waals surface area contributed by atoms with Gasteiger partial charge >= 0.3 is 0 Å². The monoisotopic (exact) mass is 578 g/mol. The number of benzene rings is 3. The minimum absolute atomic E-state index is 0.142. The molecular formula is C34H35FN6O2. The fourth-order valence-corrected chi connectivity index (χ4v) is 5.24. The van der Waals surface area contributed by atoms with Gasteiger partial charge in [0.1, 0.15) is 23.4 Å². The topological polar surface area (TPSA) is 104 Å². The van der Waals surface area contributed by atoms with Crippen LogP contribution in [0, 0.1) is 19.7 Å². The first-order valence-electron chi connectivity index (χ1n) is 14.1. The molecule has 1 unspecified atom stereocenters. The predicted molar refractivity (Wildman–Crippen MR) is 169 cm³/mol. The summed E-state index contributed by atoms with van der Waals surface area (Å²) < 4.78 is 14.5. The van der Waals surface area contributed by atoms with E-state index < -0.39 is 17.8 Å². The van der Waals surface area contributed by atoms with Gasteiger partial charge in [0.15, 0.2) is 0 Å². The van der Waals surface area contributed by atoms with Gasteiger partial charge in [0.25, 0.3) is 11.8 Å². The van der Waals surface area contributed by atoms with Gasteiger partial charge in [-0.25, -0.2) is 9.37 Å². The summed E-state index contributed by atoms with van der Waals surface area (Å²) in [7, 11) is 3.87. The predicted octanol–water partition coefficient (Wildman–Crippen LogP) is 5.55. The van der Waals surface area contributed by atoms with Gasteiger partial charge in [0.05, 0.1) is 5.69 Å². The van der Waals surface area contributed by atoms with E-state index in [2.05, 4.69) is 15.6 Å². The summed E-state index contributed by atoms with van der Waals surface area (Å²) in [4.78, 5) is 35.7. The smallest absolute Gasteiger partial charge is 0.272 e. The molecule has 9 heteroatoms. The van der Waals surface area contributed by atoms with Gasteiger partial charge in [0, 0.05) is 44.3 Å². The number of carbonyl (C=O) groups excluding carboxylic acids is 2. The summed E-state index contributed by atoms with van der Waals surface area (Å²) in [6, 6.07) is 21.2. The van der Waals surface area contributed by atoms with E-state index in [9.17, 15) is 14.0 Å². The summed E-state index contributed by atoms with van der Waals surface area (Å²) in [6.07, 6.45) is 3.61. The zero-order chi connectivity index (χ0) is 30.7. The van der Waals surface area contributed by atoms with E-state index in [1.54, 1.807) is 25.1 Å². The van der Waals surface area contributed by atoms with Crippen molar-refractivity contribution in [3.63, 3.8) is 0 Å². The van der Waals surface area contributed by atoms with Crippen LogP contribution in [0.3, 0.4) is 0 Å². The van der Waals surface area contributed by atoms with E-state index in [-0.39, 0.29) is 23.8 Å². The highest BCUT2D eigenvalue weighted by atomic mass is 19.1. The molecule has 0 fully saturated rings. The van der Waals surface area contributed by atoms with Crippen LogP contribution in [-0.2, 0) is 16.0 Å². The number of hydrogen-bond donors (Lipinski definition) is 3. The number of aromatic nitrogens is 1. The molecule has 4 aromatic rings. The minimum atomic E-state index is -0.950. The Morgan fingerprint density at radius 2 is 1.77 bits per heavy atom. The average Bonchev–Trinajstić information content (AvgIpc) is 3.01. The third-order valence-electron chi connectivity index (χ3n) is 7.59. The largest absolute Gasteiger partial charge is 0.393 e. The first-order valence-corrected chi connectivity index (χ1v) is 14.1. The van der Waals surface area contributed by atoms with E-state index in [0.717, 1.165) is 28.1 Å². The normalized spacial score (nSPS) is 14.6. The third kappa shape index (κ3) is 6.21. The average molecular weight is 579 g/mol. The molecule has 4 N–H and O–H groups in total. The number of fused-ring (bicyclic) bond motifs is 1. The molecule has 0 saturated heterocycles. The summed E-state index contributed by atoms with van der Waals surface area (Å²) in [6.45, 7) is 3.88. The first-order chi connectivity index (χ1) is 20.6. The van der Waals surface area contributed by atoms with Gasteiger partial charge in [-0.2, -0.15) is 0 Å². The summed E-state index contributed by atoms with van der Waals surface area (Å²) in [5, 5.41) is 5.78. The molecule has 2 amide bonds. The fraction of sp³-hybridized carbons (Fsp3) is 0.206. The SMILES string of the molecule is Cc1ccc(NC(=O)C2c3cccc(-c4ccc(N(C)C)nc4)c3CCN2C(=O)/C(N)=C/Nc2cccc(C)c2F)cc1. The van der Waals surface area contributed by atoms with Crippen LogP contribution in [0.4, 0.5) is 21.6 Å². The maximum atomic E-state index is 14.5. The Morgan fingerprint density at radius 1 is 1.02 bits per heavy atom. The van der Waals surface area contributed by atoms with Crippen molar-refractivity contribution < 1.29 is 14.0 Å². The zero-order valence-electron chi connectivity index (χ0n) is 24.7. The Hall–Kier alpha value is -5.18. The second kappa shape index (κ2) is 12.4. The molecular weight excluding hydrogens is 543 g/mol. The van der Waals surface area contributed by atoms with Crippen LogP contribution in [-0.4, -0.2) is 42.3 Å². The van der Waals surface area contributed by atoms with Crippen LogP contribution in [0.5, 0.6) is 0 Å².